The third kappa shape index (κ3) is 3.79. The van der Waals surface area contributed by atoms with E-state index in [9.17, 15) is 9.59 Å². The highest BCUT2D eigenvalue weighted by Crippen LogP contribution is 2.23. The Morgan fingerprint density at radius 3 is 2.42 bits per heavy atom. The molecule has 0 unspecified atom stereocenters. The first-order valence-electron chi connectivity index (χ1n) is 8.20. The lowest BCUT2D eigenvalue weighted by molar-refractivity contribution is -0.142. The quantitative estimate of drug-likeness (QED) is 0.811. The minimum absolute atomic E-state index is 0.154. The van der Waals surface area contributed by atoms with E-state index in [-0.39, 0.29) is 5.91 Å². The molecule has 0 saturated carbocycles. The molecule has 1 fully saturated rings. The molecule has 0 bridgehead atoms. The summed E-state index contributed by atoms with van der Waals surface area (Å²) in [6.45, 7) is 1.43. The molecule has 1 aromatic carbocycles. The molecule has 124 valence electrons. The molecule has 0 N–H and O–H groups in total. The topological polar surface area (TPSA) is 59.5 Å². The van der Waals surface area contributed by atoms with E-state index in [0.29, 0.717) is 24.2 Å². The Kier molecular flexibility index (Phi) is 5.21. The highest BCUT2D eigenvalue weighted by Gasteiger charge is 2.30. The van der Waals surface area contributed by atoms with Gasteiger partial charge in [0.25, 0.3) is 5.91 Å². The summed E-state index contributed by atoms with van der Waals surface area (Å²) in [5.41, 5.74) is 1.02. The molecule has 0 spiro atoms. The lowest BCUT2D eigenvalue weighted by Gasteiger charge is -2.30. The van der Waals surface area contributed by atoms with Crippen molar-refractivity contribution in [3.05, 3.63) is 66.0 Å². The Labute approximate surface area is 141 Å². The molecule has 5 heteroatoms. The first-order valence-corrected chi connectivity index (χ1v) is 8.20. The minimum Gasteiger partial charge on any atom is -0.444 e. The van der Waals surface area contributed by atoms with Gasteiger partial charge in [-0.3, -0.25) is 9.78 Å². The fourth-order valence-electron chi connectivity index (χ4n) is 2.83. The number of hydrogen-bond donors (Lipinski definition) is 0. The molecule has 1 aliphatic heterocycles. The van der Waals surface area contributed by atoms with Gasteiger partial charge >= 0.3 is 5.97 Å². The number of carbonyl (C=O) groups is 2. The first-order chi connectivity index (χ1) is 11.8. The van der Waals surface area contributed by atoms with Crippen LogP contribution in [0.5, 0.6) is 0 Å². The van der Waals surface area contributed by atoms with Crippen LogP contribution in [-0.2, 0) is 9.53 Å². The molecule has 1 saturated heterocycles. The van der Waals surface area contributed by atoms with E-state index in [4.69, 9.17) is 4.74 Å². The number of benzene rings is 1. The van der Waals surface area contributed by atoms with E-state index < -0.39 is 12.1 Å². The Balaban J connectivity index is 1.82. The molecule has 3 rings (SSSR count). The van der Waals surface area contributed by atoms with Crippen LogP contribution in [0, 0.1) is 0 Å². The summed E-state index contributed by atoms with van der Waals surface area (Å²) in [7, 11) is 0. The standard InChI is InChI=1S/C19H20N2O3/c22-18(21-12-5-2-6-13-21)17(15-8-3-1-4-9-15)24-19(23)16-10-7-11-20-14-16/h1,3-4,7-11,14,17H,2,5-6,12-13H2/t17-/m0/s1. The van der Waals surface area contributed by atoms with Gasteiger partial charge in [-0.15, -0.1) is 0 Å². The maximum Gasteiger partial charge on any atom is 0.340 e. The van der Waals surface area contributed by atoms with E-state index >= 15 is 0 Å². The Hall–Kier alpha value is -2.69. The van der Waals surface area contributed by atoms with Crippen molar-refractivity contribution in [2.24, 2.45) is 0 Å². The number of ether oxygens (including phenoxy) is 1. The molecule has 1 atom stereocenters. The maximum absolute atomic E-state index is 12.9. The summed E-state index contributed by atoms with van der Waals surface area (Å²) in [4.78, 5) is 31.0. The van der Waals surface area contributed by atoms with Crippen molar-refractivity contribution in [3.63, 3.8) is 0 Å². The van der Waals surface area contributed by atoms with Crippen molar-refractivity contribution in [2.45, 2.75) is 25.4 Å². The van der Waals surface area contributed by atoms with Crippen LogP contribution < -0.4 is 0 Å². The van der Waals surface area contributed by atoms with Crippen molar-refractivity contribution in [1.29, 1.82) is 0 Å². The molecule has 0 aliphatic carbocycles. The summed E-state index contributed by atoms with van der Waals surface area (Å²) < 4.78 is 5.57. The summed E-state index contributed by atoms with van der Waals surface area (Å²) in [5.74, 6) is -0.694. The van der Waals surface area contributed by atoms with Crippen LogP contribution in [0.4, 0.5) is 0 Å². The second kappa shape index (κ2) is 7.73. The lowest BCUT2D eigenvalue weighted by atomic mass is 10.1. The number of carbonyl (C=O) groups excluding carboxylic acids is 2. The predicted octanol–water partition coefficient (Wildman–Crippen LogP) is 2.99. The second-order valence-electron chi connectivity index (χ2n) is 5.82. The number of hydrogen-bond acceptors (Lipinski definition) is 4. The number of esters is 1. The normalized spacial score (nSPS) is 15.6. The van der Waals surface area contributed by atoms with Crippen LogP contribution in [-0.4, -0.2) is 34.8 Å². The van der Waals surface area contributed by atoms with Gasteiger partial charge in [-0.1, -0.05) is 30.3 Å². The van der Waals surface area contributed by atoms with Crippen LogP contribution >= 0.6 is 0 Å². The second-order valence-corrected chi connectivity index (χ2v) is 5.82. The number of pyridine rings is 1. The fourth-order valence-corrected chi connectivity index (χ4v) is 2.83. The van der Waals surface area contributed by atoms with Gasteiger partial charge in [-0.05, 0) is 31.4 Å². The zero-order chi connectivity index (χ0) is 16.8. The van der Waals surface area contributed by atoms with Gasteiger partial charge in [0.15, 0.2) is 0 Å². The number of aromatic nitrogens is 1. The SMILES string of the molecule is O=C(O[C@H](C(=O)N1CCCCC1)c1ccccc1)c1cccnc1. The average Bonchev–Trinajstić information content (AvgIpc) is 2.67. The smallest absolute Gasteiger partial charge is 0.340 e. The van der Waals surface area contributed by atoms with Crippen LogP contribution in [0.1, 0.15) is 41.3 Å². The maximum atomic E-state index is 12.9. The molecule has 0 radical (unpaired) electrons. The van der Waals surface area contributed by atoms with Gasteiger partial charge in [0.2, 0.25) is 6.10 Å². The zero-order valence-electron chi connectivity index (χ0n) is 13.4. The summed E-state index contributed by atoms with van der Waals surface area (Å²) in [6.07, 6.45) is 5.22. The van der Waals surface area contributed by atoms with Gasteiger partial charge in [0, 0.05) is 31.0 Å². The van der Waals surface area contributed by atoms with E-state index in [1.807, 2.05) is 30.3 Å². The Bertz CT molecular complexity index is 682. The van der Waals surface area contributed by atoms with Crippen molar-refractivity contribution in [3.8, 4) is 0 Å². The van der Waals surface area contributed by atoms with Crippen LogP contribution in [0.15, 0.2) is 54.9 Å². The number of amides is 1. The van der Waals surface area contributed by atoms with Crippen LogP contribution in [0.3, 0.4) is 0 Å². The van der Waals surface area contributed by atoms with Gasteiger partial charge in [-0.2, -0.15) is 0 Å². The molecule has 24 heavy (non-hydrogen) atoms. The van der Waals surface area contributed by atoms with Crippen molar-refractivity contribution in [1.82, 2.24) is 9.88 Å². The van der Waals surface area contributed by atoms with E-state index in [1.54, 1.807) is 23.2 Å². The molecule has 1 aromatic heterocycles. The molecular formula is C19H20N2O3. The third-order valence-electron chi connectivity index (χ3n) is 4.12. The lowest BCUT2D eigenvalue weighted by Crippen LogP contribution is -2.40. The van der Waals surface area contributed by atoms with Gasteiger partial charge < -0.3 is 9.64 Å². The average molecular weight is 324 g/mol. The van der Waals surface area contributed by atoms with E-state index in [1.165, 1.54) is 6.20 Å². The molecule has 2 aromatic rings. The van der Waals surface area contributed by atoms with Crippen molar-refractivity contribution < 1.29 is 14.3 Å². The van der Waals surface area contributed by atoms with Gasteiger partial charge in [0.1, 0.15) is 0 Å². The number of likely N-dealkylation sites (tertiary alicyclic amines) is 1. The summed E-state index contributed by atoms with van der Waals surface area (Å²) in [5, 5.41) is 0. The van der Waals surface area contributed by atoms with Crippen LogP contribution in [0.25, 0.3) is 0 Å². The monoisotopic (exact) mass is 324 g/mol. The Morgan fingerprint density at radius 2 is 1.75 bits per heavy atom. The zero-order valence-corrected chi connectivity index (χ0v) is 13.4. The predicted molar refractivity (Wildman–Crippen MR) is 89.3 cm³/mol. The van der Waals surface area contributed by atoms with E-state index in [2.05, 4.69) is 4.98 Å². The van der Waals surface area contributed by atoms with Gasteiger partial charge in [-0.25, -0.2) is 4.79 Å². The molecule has 2 heterocycles. The molecule has 5 nitrogen and oxygen atoms in total. The van der Waals surface area contributed by atoms with E-state index in [0.717, 1.165) is 19.3 Å². The molecule has 1 amide bonds. The summed E-state index contributed by atoms with van der Waals surface area (Å²) in [6, 6.07) is 12.5. The summed E-state index contributed by atoms with van der Waals surface area (Å²) >= 11 is 0. The van der Waals surface area contributed by atoms with Crippen molar-refractivity contribution >= 4 is 11.9 Å². The highest BCUT2D eigenvalue weighted by atomic mass is 16.5. The number of piperidine rings is 1. The molecule has 1 aliphatic rings. The molecular weight excluding hydrogens is 304 g/mol. The van der Waals surface area contributed by atoms with Crippen molar-refractivity contribution in [2.75, 3.05) is 13.1 Å². The highest BCUT2D eigenvalue weighted by molar-refractivity contribution is 5.92. The fraction of sp³-hybridized carbons (Fsp3) is 0.316. The largest absolute Gasteiger partial charge is 0.444 e. The third-order valence-corrected chi connectivity index (χ3v) is 4.12. The minimum atomic E-state index is -0.919. The Morgan fingerprint density at radius 1 is 1.00 bits per heavy atom. The first kappa shape index (κ1) is 16.2. The number of nitrogens with zero attached hydrogens (tertiary/aromatic N) is 2. The van der Waals surface area contributed by atoms with Crippen LogP contribution in [0.2, 0.25) is 0 Å². The number of rotatable bonds is 4. The van der Waals surface area contributed by atoms with Gasteiger partial charge in [0.05, 0.1) is 5.56 Å².